The maximum Gasteiger partial charge on any atom is 0.105 e. The van der Waals surface area contributed by atoms with Crippen LogP contribution in [0.15, 0.2) is 67.8 Å². The molecule has 96 valence electrons. The lowest BCUT2D eigenvalue weighted by atomic mass is 9.92. The molecule has 1 heteroatoms. The monoisotopic (exact) mass is 250 g/mol. The second kappa shape index (κ2) is 6.17. The second-order valence-corrected chi connectivity index (χ2v) is 4.43. The van der Waals surface area contributed by atoms with Gasteiger partial charge in [-0.25, -0.2) is 0 Å². The number of hydrogen-bond acceptors (Lipinski definition) is 1. The molecule has 2 rings (SSSR count). The van der Waals surface area contributed by atoms with Gasteiger partial charge in [0.2, 0.25) is 0 Å². The highest BCUT2D eigenvalue weighted by atomic mass is 16.3. The number of rotatable bonds is 5. The van der Waals surface area contributed by atoms with Crippen molar-refractivity contribution in [3.8, 4) is 0 Å². The molecule has 0 aliphatic rings. The van der Waals surface area contributed by atoms with Crippen molar-refractivity contribution in [3.63, 3.8) is 0 Å². The minimum Gasteiger partial charge on any atom is -0.384 e. The van der Waals surface area contributed by atoms with Crippen LogP contribution in [-0.2, 0) is 6.42 Å². The van der Waals surface area contributed by atoms with Gasteiger partial charge >= 0.3 is 0 Å². The van der Waals surface area contributed by atoms with Crippen LogP contribution in [0.1, 0.15) is 28.4 Å². The van der Waals surface area contributed by atoms with E-state index in [1.165, 1.54) is 0 Å². The van der Waals surface area contributed by atoms with Crippen LogP contribution in [0.25, 0.3) is 6.08 Å². The molecule has 0 saturated carbocycles. The van der Waals surface area contributed by atoms with Gasteiger partial charge in [0.25, 0.3) is 0 Å². The van der Waals surface area contributed by atoms with Crippen LogP contribution in [0, 0.1) is 0 Å². The molecular weight excluding hydrogens is 232 g/mol. The van der Waals surface area contributed by atoms with Crippen molar-refractivity contribution in [1.29, 1.82) is 0 Å². The lowest BCUT2D eigenvalue weighted by Crippen LogP contribution is -2.05. The summed E-state index contributed by atoms with van der Waals surface area (Å²) in [4.78, 5) is 0. The van der Waals surface area contributed by atoms with Crippen LogP contribution < -0.4 is 0 Å². The molecule has 0 aliphatic carbocycles. The highest BCUT2D eigenvalue weighted by Crippen LogP contribution is 2.28. The molecule has 0 aromatic heterocycles. The molecule has 0 radical (unpaired) electrons. The Kier molecular flexibility index (Phi) is 4.32. The summed E-state index contributed by atoms with van der Waals surface area (Å²) in [6, 6.07) is 15.7. The number of benzene rings is 2. The zero-order chi connectivity index (χ0) is 13.7. The van der Waals surface area contributed by atoms with Crippen LogP contribution in [0.4, 0.5) is 0 Å². The highest BCUT2D eigenvalue weighted by Gasteiger charge is 2.15. The molecular formula is C18H18O. The van der Waals surface area contributed by atoms with Crippen LogP contribution in [0.5, 0.6) is 0 Å². The summed E-state index contributed by atoms with van der Waals surface area (Å²) < 4.78 is 0. The fraction of sp³-hybridized carbons (Fsp3) is 0.111. The summed E-state index contributed by atoms with van der Waals surface area (Å²) >= 11 is 0. The molecule has 1 atom stereocenters. The van der Waals surface area contributed by atoms with E-state index in [1.807, 2.05) is 54.6 Å². The highest BCUT2D eigenvalue weighted by molar-refractivity contribution is 5.54. The van der Waals surface area contributed by atoms with Gasteiger partial charge in [-0.15, -0.1) is 6.58 Å². The van der Waals surface area contributed by atoms with Crippen LogP contribution in [0.3, 0.4) is 0 Å². The largest absolute Gasteiger partial charge is 0.384 e. The quantitative estimate of drug-likeness (QED) is 0.791. The second-order valence-electron chi connectivity index (χ2n) is 4.43. The van der Waals surface area contributed by atoms with Crippen molar-refractivity contribution < 1.29 is 5.11 Å². The minimum absolute atomic E-state index is 0.634. The third-order valence-corrected chi connectivity index (χ3v) is 3.22. The molecule has 19 heavy (non-hydrogen) atoms. The maximum absolute atomic E-state index is 10.6. The standard InChI is InChI=1S/C18H18O/c1-3-9-15-11-6-8-13-17(15)18(19)16-12-7-5-10-14(16)4-2/h3-8,10-13,18-19H,1-2,9H2. The third kappa shape index (κ3) is 2.83. The fourth-order valence-electron chi connectivity index (χ4n) is 2.26. The molecule has 0 heterocycles. The molecule has 0 aliphatic heterocycles. The first-order valence-corrected chi connectivity index (χ1v) is 6.36. The van der Waals surface area contributed by atoms with Crippen LogP contribution in [0.2, 0.25) is 0 Å². The summed E-state index contributed by atoms with van der Waals surface area (Å²) in [5.41, 5.74) is 3.87. The molecule has 1 nitrogen and oxygen atoms in total. The van der Waals surface area contributed by atoms with Crippen molar-refractivity contribution in [2.24, 2.45) is 0 Å². The first kappa shape index (κ1) is 13.3. The molecule has 0 saturated heterocycles. The average Bonchev–Trinajstić information content (AvgIpc) is 2.47. The predicted molar refractivity (Wildman–Crippen MR) is 80.9 cm³/mol. The van der Waals surface area contributed by atoms with Crippen molar-refractivity contribution in [3.05, 3.63) is 90.0 Å². The van der Waals surface area contributed by atoms with E-state index in [9.17, 15) is 5.11 Å². The van der Waals surface area contributed by atoms with E-state index in [2.05, 4.69) is 13.2 Å². The van der Waals surface area contributed by atoms with Gasteiger partial charge in [0.05, 0.1) is 0 Å². The zero-order valence-electron chi connectivity index (χ0n) is 10.9. The molecule has 1 unspecified atom stereocenters. The van der Waals surface area contributed by atoms with Crippen LogP contribution in [-0.4, -0.2) is 5.11 Å². The van der Waals surface area contributed by atoms with E-state index in [-0.39, 0.29) is 0 Å². The average molecular weight is 250 g/mol. The van der Waals surface area contributed by atoms with Crippen molar-refractivity contribution in [2.75, 3.05) is 0 Å². The summed E-state index contributed by atoms with van der Waals surface area (Å²) in [6.45, 7) is 7.56. The van der Waals surface area contributed by atoms with E-state index in [1.54, 1.807) is 6.08 Å². The van der Waals surface area contributed by atoms with Gasteiger partial charge in [-0.3, -0.25) is 0 Å². The van der Waals surface area contributed by atoms with Crippen molar-refractivity contribution in [1.82, 2.24) is 0 Å². The number of hydrogen-bond donors (Lipinski definition) is 1. The van der Waals surface area contributed by atoms with Crippen molar-refractivity contribution in [2.45, 2.75) is 12.5 Å². The van der Waals surface area contributed by atoms with E-state index >= 15 is 0 Å². The number of allylic oxidation sites excluding steroid dienone is 1. The van der Waals surface area contributed by atoms with Gasteiger partial charge < -0.3 is 5.11 Å². The lowest BCUT2D eigenvalue weighted by Gasteiger charge is -2.17. The molecule has 0 amide bonds. The molecule has 2 aromatic carbocycles. The molecule has 2 aromatic rings. The Labute approximate surface area is 114 Å². The van der Waals surface area contributed by atoms with E-state index in [0.29, 0.717) is 0 Å². The normalized spacial score (nSPS) is 11.8. The molecule has 0 spiro atoms. The van der Waals surface area contributed by atoms with Crippen LogP contribution >= 0.6 is 0 Å². The minimum atomic E-state index is -0.634. The van der Waals surface area contributed by atoms with E-state index in [0.717, 1.165) is 28.7 Å². The Morgan fingerprint density at radius 2 is 1.58 bits per heavy atom. The number of aliphatic hydroxyl groups is 1. The molecule has 0 bridgehead atoms. The van der Waals surface area contributed by atoms with E-state index < -0.39 is 6.10 Å². The van der Waals surface area contributed by atoms with Gasteiger partial charge in [0.15, 0.2) is 0 Å². The number of aliphatic hydroxyl groups excluding tert-OH is 1. The third-order valence-electron chi connectivity index (χ3n) is 3.22. The Balaban J connectivity index is 2.46. The Bertz CT molecular complexity index is 584. The summed E-state index contributed by atoms with van der Waals surface area (Å²) in [5, 5.41) is 10.6. The summed E-state index contributed by atoms with van der Waals surface area (Å²) in [6.07, 6.45) is 3.74. The fourth-order valence-corrected chi connectivity index (χ4v) is 2.26. The maximum atomic E-state index is 10.6. The predicted octanol–water partition coefficient (Wildman–Crippen LogP) is 4.14. The van der Waals surface area contributed by atoms with Gasteiger partial charge in [-0.2, -0.15) is 0 Å². The zero-order valence-corrected chi connectivity index (χ0v) is 10.9. The smallest absolute Gasteiger partial charge is 0.105 e. The Morgan fingerprint density at radius 1 is 0.947 bits per heavy atom. The molecule has 0 fully saturated rings. The van der Waals surface area contributed by atoms with Gasteiger partial charge in [0.1, 0.15) is 6.10 Å². The Hall–Kier alpha value is -2.12. The first-order valence-electron chi connectivity index (χ1n) is 6.36. The van der Waals surface area contributed by atoms with Crippen molar-refractivity contribution >= 4 is 6.08 Å². The Morgan fingerprint density at radius 3 is 2.26 bits per heavy atom. The topological polar surface area (TPSA) is 20.2 Å². The van der Waals surface area contributed by atoms with Gasteiger partial charge in [0, 0.05) is 0 Å². The lowest BCUT2D eigenvalue weighted by molar-refractivity contribution is 0.219. The summed E-state index contributed by atoms with van der Waals surface area (Å²) in [7, 11) is 0. The SMILES string of the molecule is C=CCc1ccccc1C(O)c1ccccc1C=C. The molecule has 1 N–H and O–H groups in total. The summed E-state index contributed by atoms with van der Waals surface area (Å²) in [5.74, 6) is 0. The first-order chi connectivity index (χ1) is 9.27. The van der Waals surface area contributed by atoms with E-state index in [4.69, 9.17) is 0 Å². The van der Waals surface area contributed by atoms with Gasteiger partial charge in [-0.1, -0.05) is 67.3 Å². The van der Waals surface area contributed by atoms with Gasteiger partial charge in [-0.05, 0) is 28.7 Å².